The molecule has 6 heteroatoms. The molecule has 1 unspecified atom stereocenters. The molecule has 180 valence electrons. The van der Waals surface area contributed by atoms with Crippen LogP contribution in [-0.4, -0.2) is 11.1 Å². The van der Waals surface area contributed by atoms with Crippen molar-refractivity contribution in [2.24, 2.45) is 5.92 Å². The third-order valence-corrected chi connectivity index (χ3v) is 5.85. The van der Waals surface area contributed by atoms with Gasteiger partial charge in [0.25, 0.3) is 0 Å². The van der Waals surface area contributed by atoms with Gasteiger partial charge in [0, 0.05) is 6.42 Å². The smallest absolute Gasteiger partial charge is 0.416 e. The number of carboxylic acid groups (broad SMARTS) is 1. The van der Waals surface area contributed by atoms with Crippen LogP contribution < -0.4 is 4.74 Å². The first kappa shape index (κ1) is 25.3. The molecule has 0 bridgehead atoms. The van der Waals surface area contributed by atoms with E-state index >= 15 is 0 Å². The lowest BCUT2D eigenvalue weighted by molar-refractivity contribution is -0.138. The first-order valence-electron chi connectivity index (χ1n) is 11.5. The number of halogens is 3. The number of hydrogen-bond donors (Lipinski definition) is 1. The Balaban J connectivity index is 0.00000158. The van der Waals surface area contributed by atoms with Gasteiger partial charge in [0.05, 0.1) is 5.56 Å². The van der Waals surface area contributed by atoms with Crippen molar-refractivity contribution in [2.75, 3.05) is 0 Å². The van der Waals surface area contributed by atoms with Crippen molar-refractivity contribution in [1.29, 1.82) is 0 Å². The molecule has 3 aromatic carbocycles. The molecule has 1 aliphatic carbocycles. The van der Waals surface area contributed by atoms with E-state index in [1.165, 1.54) is 17.7 Å². The van der Waals surface area contributed by atoms with Gasteiger partial charge in [-0.15, -0.1) is 0 Å². The van der Waals surface area contributed by atoms with E-state index in [4.69, 9.17) is 9.84 Å². The Morgan fingerprint density at radius 1 is 0.971 bits per heavy atom. The van der Waals surface area contributed by atoms with Crippen LogP contribution in [-0.2, 0) is 30.4 Å². The molecule has 1 N–H and O–H groups in total. The Morgan fingerprint density at radius 3 is 2.38 bits per heavy atom. The number of rotatable bonds is 6. The van der Waals surface area contributed by atoms with E-state index in [1.54, 1.807) is 0 Å². The second-order valence-electron chi connectivity index (χ2n) is 8.20. The summed E-state index contributed by atoms with van der Waals surface area (Å²) in [5.41, 5.74) is 4.14. The highest BCUT2D eigenvalue weighted by Crippen LogP contribution is 2.32. The Hall–Kier alpha value is -3.28. The summed E-state index contributed by atoms with van der Waals surface area (Å²) in [7, 11) is 0. The van der Waals surface area contributed by atoms with Crippen molar-refractivity contribution in [2.45, 2.75) is 52.3 Å². The van der Waals surface area contributed by atoms with Crippen molar-refractivity contribution in [1.82, 2.24) is 0 Å². The molecule has 1 atom stereocenters. The summed E-state index contributed by atoms with van der Waals surface area (Å²) in [6, 6.07) is 18.6. The Labute approximate surface area is 198 Å². The fourth-order valence-corrected chi connectivity index (χ4v) is 4.18. The lowest BCUT2D eigenvalue weighted by Gasteiger charge is -2.24. The van der Waals surface area contributed by atoms with Gasteiger partial charge in [-0.25, -0.2) is 0 Å². The molecule has 0 aromatic heterocycles. The van der Waals surface area contributed by atoms with Gasteiger partial charge in [0.15, 0.2) is 0 Å². The number of hydrogen-bond acceptors (Lipinski definition) is 2. The Morgan fingerprint density at radius 2 is 1.71 bits per heavy atom. The predicted molar refractivity (Wildman–Crippen MR) is 127 cm³/mol. The van der Waals surface area contributed by atoms with Crippen molar-refractivity contribution < 1.29 is 27.8 Å². The van der Waals surface area contributed by atoms with E-state index < -0.39 is 17.7 Å². The van der Waals surface area contributed by atoms with Crippen LogP contribution >= 0.6 is 0 Å². The van der Waals surface area contributed by atoms with Gasteiger partial charge in [0.2, 0.25) is 0 Å². The average molecular weight is 471 g/mol. The van der Waals surface area contributed by atoms with Gasteiger partial charge in [0.1, 0.15) is 12.4 Å². The molecule has 3 nitrogen and oxygen atoms in total. The van der Waals surface area contributed by atoms with Gasteiger partial charge < -0.3 is 9.84 Å². The molecule has 3 aromatic rings. The summed E-state index contributed by atoms with van der Waals surface area (Å²) in [5, 5.41) is 9.06. The van der Waals surface area contributed by atoms with Gasteiger partial charge in [-0.05, 0) is 83.3 Å². The van der Waals surface area contributed by atoms with E-state index in [1.807, 2.05) is 56.3 Å². The average Bonchev–Trinajstić information content (AvgIpc) is 2.83. The second kappa shape index (κ2) is 11.2. The lowest BCUT2D eigenvalue weighted by Crippen LogP contribution is -2.17. The number of fused-ring (bicyclic) bond motifs is 1. The maximum atomic E-state index is 12.8. The maximum Gasteiger partial charge on any atom is 0.416 e. The normalized spacial score (nSPS) is 15.0. The monoisotopic (exact) mass is 470 g/mol. The van der Waals surface area contributed by atoms with Crippen LogP contribution in [0.2, 0.25) is 0 Å². The van der Waals surface area contributed by atoms with Crippen LogP contribution in [0.1, 0.15) is 48.9 Å². The molecule has 0 saturated carbocycles. The molecule has 0 spiro atoms. The first-order chi connectivity index (χ1) is 16.3. The molecule has 34 heavy (non-hydrogen) atoms. The maximum absolute atomic E-state index is 12.8. The zero-order valence-electron chi connectivity index (χ0n) is 19.4. The third kappa shape index (κ3) is 6.62. The highest BCUT2D eigenvalue weighted by Gasteiger charge is 2.30. The SMILES string of the molecule is CC.O=C(O)CC1CCc2ccc(OCc3cccc(-c4ccc(C(F)(F)F)cc4)c3)cc2C1. The third-order valence-electron chi connectivity index (χ3n) is 5.85. The summed E-state index contributed by atoms with van der Waals surface area (Å²) >= 11 is 0. The molecular formula is C28H29F3O3. The number of ether oxygens (including phenoxy) is 1. The zero-order valence-corrected chi connectivity index (χ0v) is 19.4. The van der Waals surface area contributed by atoms with Crippen molar-refractivity contribution in [3.8, 4) is 16.9 Å². The molecule has 4 rings (SSSR count). The largest absolute Gasteiger partial charge is 0.489 e. The van der Waals surface area contributed by atoms with E-state index in [0.717, 1.165) is 53.8 Å². The minimum atomic E-state index is -4.35. The van der Waals surface area contributed by atoms with Gasteiger partial charge in [-0.1, -0.05) is 50.2 Å². The Bertz CT molecular complexity index is 1100. The van der Waals surface area contributed by atoms with Crippen molar-refractivity contribution in [3.63, 3.8) is 0 Å². The summed E-state index contributed by atoms with van der Waals surface area (Å²) < 4.78 is 44.3. The summed E-state index contributed by atoms with van der Waals surface area (Å²) in [4.78, 5) is 11.0. The molecule has 0 radical (unpaired) electrons. The first-order valence-corrected chi connectivity index (χ1v) is 11.5. The highest BCUT2D eigenvalue weighted by molar-refractivity contribution is 5.67. The van der Waals surface area contributed by atoms with E-state index in [2.05, 4.69) is 0 Å². The minimum absolute atomic E-state index is 0.149. The lowest BCUT2D eigenvalue weighted by atomic mass is 9.82. The summed E-state index contributed by atoms with van der Waals surface area (Å²) in [5.74, 6) is 0.106. The van der Waals surface area contributed by atoms with E-state index in [9.17, 15) is 18.0 Å². The topological polar surface area (TPSA) is 46.5 Å². The molecule has 0 fully saturated rings. The van der Waals surface area contributed by atoms with E-state index in [0.29, 0.717) is 12.2 Å². The Kier molecular flexibility index (Phi) is 8.37. The number of aryl methyl sites for hydroxylation is 1. The van der Waals surface area contributed by atoms with Gasteiger partial charge in [-0.2, -0.15) is 13.2 Å². The number of aliphatic carboxylic acids is 1. The summed E-state index contributed by atoms with van der Waals surface area (Å²) in [6.45, 7) is 4.33. The number of carbonyl (C=O) groups is 1. The molecule has 0 saturated heterocycles. The highest BCUT2D eigenvalue weighted by atomic mass is 19.4. The number of carboxylic acids is 1. The van der Waals surface area contributed by atoms with Crippen molar-refractivity contribution >= 4 is 5.97 Å². The molecule has 0 aliphatic heterocycles. The predicted octanol–water partition coefficient (Wildman–Crippen LogP) is 7.56. The molecule has 0 heterocycles. The van der Waals surface area contributed by atoms with Crippen LogP contribution in [0.3, 0.4) is 0 Å². The van der Waals surface area contributed by atoms with Gasteiger partial charge >= 0.3 is 12.1 Å². The van der Waals surface area contributed by atoms with Crippen molar-refractivity contribution in [3.05, 3.63) is 89.0 Å². The van der Waals surface area contributed by atoms with Crippen LogP contribution in [0.15, 0.2) is 66.7 Å². The van der Waals surface area contributed by atoms with Crippen LogP contribution in [0.5, 0.6) is 5.75 Å². The standard InChI is InChI=1S/C26H23F3O3.C2H6/c27-26(28,29)23-9-6-19(7-10-23)21-3-1-2-18(13-21)16-32-24-11-8-20-5-4-17(14-25(30)31)12-22(20)15-24;1-2/h1-3,6-11,13,15,17H,4-5,12,14,16H2,(H,30,31);1-2H3. The fraction of sp³-hybridized carbons (Fsp3) is 0.321. The molecule has 0 amide bonds. The van der Waals surface area contributed by atoms with Crippen LogP contribution in [0.25, 0.3) is 11.1 Å². The zero-order chi connectivity index (χ0) is 24.7. The van der Waals surface area contributed by atoms with E-state index in [-0.39, 0.29) is 12.3 Å². The van der Waals surface area contributed by atoms with Gasteiger partial charge in [-0.3, -0.25) is 4.79 Å². The number of alkyl halides is 3. The number of benzene rings is 3. The minimum Gasteiger partial charge on any atom is -0.489 e. The second-order valence-corrected chi connectivity index (χ2v) is 8.20. The quantitative estimate of drug-likeness (QED) is 0.404. The summed E-state index contributed by atoms with van der Waals surface area (Å²) in [6.07, 6.45) is -1.67. The van der Waals surface area contributed by atoms with Crippen LogP contribution in [0, 0.1) is 5.92 Å². The molecule has 1 aliphatic rings. The van der Waals surface area contributed by atoms with Crippen LogP contribution in [0.4, 0.5) is 13.2 Å². The fourth-order valence-electron chi connectivity index (χ4n) is 4.18. The molecular weight excluding hydrogens is 441 g/mol.